The van der Waals surface area contributed by atoms with Gasteiger partial charge in [0.1, 0.15) is 23.3 Å². The van der Waals surface area contributed by atoms with Crippen molar-refractivity contribution in [2.45, 2.75) is 258 Å². The first-order valence-electron chi connectivity index (χ1n) is 47.0. The molecule has 0 bridgehead atoms. The van der Waals surface area contributed by atoms with Crippen molar-refractivity contribution in [3.63, 3.8) is 0 Å². The molecule has 28 nitrogen and oxygen atoms in total. The Kier molecular flexibility index (Phi) is 12.9. The molecular weight excluding hydrogens is 1180 g/mol. The fraction of sp³-hybridized carbons (Fsp3) is 0.688. The molecule has 92 heavy (non-hydrogen) atoms. The largest absolute Gasteiger partial charge is 0.393 e. The molecule has 4 aliphatic rings. The summed E-state index contributed by atoms with van der Waals surface area (Å²) in [6, 6.07) is -7.75. The fourth-order valence-electron chi connectivity index (χ4n) is 7.37. The van der Waals surface area contributed by atoms with Crippen molar-refractivity contribution in [1.82, 2.24) is 39.9 Å². The van der Waals surface area contributed by atoms with Crippen LogP contribution in [0.4, 0.5) is 47.1 Å². The van der Waals surface area contributed by atoms with E-state index in [1.54, 1.807) is 41.5 Å². The zero-order valence-corrected chi connectivity index (χ0v) is 52.5. The highest BCUT2D eigenvalue weighted by Crippen LogP contribution is 2.32. The van der Waals surface area contributed by atoms with Crippen molar-refractivity contribution in [3.8, 4) is 0 Å². The second-order valence-electron chi connectivity index (χ2n) is 24.3. The van der Waals surface area contributed by atoms with Crippen LogP contribution in [0.5, 0.6) is 0 Å². The van der Waals surface area contributed by atoms with Gasteiger partial charge in [-0.15, -0.1) is 0 Å². The van der Waals surface area contributed by atoms with E-state index >= 15 is 0 Å². The number of carbonyl (C=O) groups excluding carboxylic acids is 4. The number of aromatic nitrogens is 8. The molecule has 4 aromatic heterocycles. The first kappa shape index (κ1) is 36.8. The SMILES string of the molecule is [2H]C([2H])([2H])C1([2H])C([2H])(O)CC(Nc2nc(NC(C)(C)C)ncc2C(N)=O)C([2H])([2H])C1([2H])[2H].[2H]C([2H])([2H])C1([2H])C([2H])([2H])CC(Nc2nc(NC(C)(C)C)ncc2C(N)=O)C([2H])([2H])C1([2H])O.[2H]C1C(Nc2nc(NC(C)(C)C)ncc2C(N)=O)C([2H])([2H])C([2H])(O)C([2H])(C([2H])([2H])[2H])C1([2H])[2H].[2H]C1C(Nc2nc(NC(C)(C)C)ncc2C(N)=O)C([2H])([2H])C([2H])([2H])C([2H])(C([2H])([2H])[2H])C1([2H])O. The highest BCUT2D eigenvalue weighted by molar-refractivity contribution is 5.99. The quantitative estimate of drug-likeness (QED) is 0.0537. The van der Waals surface area contributed by atoms with Crippen LogP contribution in [0, 0.1) is 23.6 Å². The van der Waals surface area contributed by atoms with E-state index in [1.165, 1.54) is 0 Å². The molecule has 4 aliphatic carbocycles. The Bertz CT molecular complexity index is 4550. The van der Waals surface area contributed by atoms with Crippen LogP contribution in [0.1, 0.15) is 281 Å². The lowest BCUT2D eigenvalue weighted by molar-refractivity contribution is 0.0737. The summed E-state index contributed by atoms with van der Waals surface area (Å²) in [5, 5.41) is 63.9. The predicted octanol–water partition coefficient (Wildman–Crippen LogP) is 6.99. The van der Waals surface area contributed by atoms with Gasteiger partial charge in [-0.1, -0.05) is 27.4 Å². The summed E-state index contributed by atoms with van der Waals surface area (Å²) in [7, 11) is 0. The van der Waals surface area contributed by atoms with Crippen LogP contribution in [0.3, 0.4) is 0 Å². The molecule has 512 valence electrons. The molecule has 0 radical (unpaired) electrons. The molecule has 8 rings (SSSR count). The van der Waals surface area contributed by atoms with Gasteiger partial charge in [0, 0.05) is 118 Å². The minimum Gasteiger partial charge on any atom is -0.393 e. The topological polar surface area (TPSA) is 453 Å². The summed E-state index contributed by atoms with van der Waals surface area (Å²) >= 11 is 0. The lowest BCUT2D eigenvalue weighted by atomic mass is 9.85. The van der Waals surface area contributed by atoms with Crippen LogP contribution in [0.15, 0.2) is 24.8 Å². The Morgan fingerprint density at radius 1 is 0.435 bits per heavy atom. The molecule has 0 spiro atoms. The number of primary amides is 4. The first-order valence-corrected chi connectivity index (χ1v) is 27.8. The number of rotatable bonds is 16. The maximum Gasteiger partial charge on any atom is 0.254 e. The molecule has 20 N–H and O–H groups in total. The molecule has 4 heterocycles. The number of nitrogens with two attached hydrogens (primary N) is 4. The van der Waals surface area contributed by atoms with E-state index in [0.717, 1.165) is 24.8 Å². The average Bonchev–Trinajstić information content (AvgIpc) is 0.684. The maximum absolute atomic E-state index is 11.9. The van der Waals surface area contributed by atoms with Crippen molar-refractivity contribution >= 4 is 70.7 Å². The van der Waals surface area contributed by atoms with Crippen LogP contribution in [0.2, 0.25) is 0 Å². The minimum absolute atomic E-state index is 0.0304. The molecule has 4 fully saturated rings. The molecule has 4 aromatic rings. The normalized spacial score (nSPS) is 44.0. The second-order valence-corrected chi connectivity index (χ2v) is 24.3. The average molecular weight is 1320 g/mol. The van der Waals surface area contributed by atoms with E-state index in [-0.39, 0.29) is 57.7 Å². The molecule has 28 heteroatoms. The third-order valence-electron chi connectivity index (χ3n) is 11.3. The van der Waals surface area contributed by atoms with Crippen molar-refractivity contribution in [2.75, 3.05) is 42.5 Å². The van der Waals surface area contributed by atoms with Crippen molar-refractivity contribution < 1.29 is 91.7 Å². The third-order valence-corrected chi connectivity index (χ3v) is 11.3. The molecular formula is C64H108N20O8. The van der Waals surface area contributed by atoms with Gasteiger partial charge in [-0.05, 0) is 183 Å². The highest BCUT2D eigenvalue weighted by atomic mass is 16.3. The fourth-order valence-corrected chi connectivity index (χ4v) is 7.37. The Hall–Kier alpha value is -7.56. The number of nitrogens with one attached hydrogen (secondary N) is 8. The van der Waals surface area contributed by atoms with E-state index < -0.39 is 234 Å². The third kappa shape index (κ3) is 24.8. The summed E-state index contributed by atoms with van der Waals surface area (Å²) < 4.78 is 304. The predicted molar refractivity (Wildman–Crippen MR) is 361 cm³/mol. The molecule has 0 saturated heterocycles. The monoisotopic (exact) mass is 1320 g/mol. The maximum atomic E-state index is 11.9. The summed E-state index contributed by atoms with van der Waals surface area (Å²) in [6.07, 6.45) is -43.4. The summed E-state index contributed by atoms with van der Waals surface area (Å²) in [4.78, 5) is 79.5. The number of hydrogen-bond acceptors (Lipinski definition) is 24. The Morgan fingerprint density at radius 3 is 1.10 bits per heavy atom. The number of hydrogen-bond donors (Lipinski definition) is 16. The lowest BCUT2D eigenvalue weighted by Crippen LogP contribution is -2.36. The van der Waals surface area contributed by atoms with Crippen molar-refractivity contribution in [1.29, 1.82) is 0 Å². The standard InChI is InChI=1S/4C16H27N5O2/c4*1-9-5-6-10(7-12(9)22)19-14-11(13(17)23)8-18-15(20-14)21-16(2,3)4/h4*8-10,12,22H,5-7H2,1-4H3,(H2,17,23)(H2,18,19,20,21)/i1D3,5D2,6D2,7D,9D,12D;1D3,5D2,6D,7D2,9D,12D;1D3,5D2,7D2,9D,12D;1D3,5D2,6D2,9D,12D. The van der Waals surface area contributed by atoms with E-state index in [9.17, 15) is 39.6 Å². The summed E-state index contributed by atoms with van der Waals surface area (Å²) in [5.41, 5.74) is 18.0. The minimum atomic E-state index is -3.85. The van der Waals surface area contributed by atoms with Gasteiger partial charge < -0.3 is 85.9 Å². The lowest BCUT2D eigenvalue weighted by Gasteiger charge is -2.32. The van der Waals surface area contributed by atoms with Gasteiger partial charge in [-0.25, -0.2) is 19.9 Å². The molecule has 14 atom stereocenters. The van der Waals surface area contributed by atoms with Crippen molar-refractivity contribution in [3.05, 3.63) is 47.0 Å². The molecule has 0 aliphatic heterocycles. The van der Waals surface area contributed by atoms with E-state index in [2.05, 4.69) is 82.4 Å². The Labute approximate surface area is 596 Å². The Balaban J connectivity index is 0.000000307. The second kappa shape index (κ2) is 32.3. The first-order chi connectivity index (χ1) is 57.2. The molecule has 0 aromatic carbocycles. The van der Waals surface area contributed by atoms with Gasteiger partial charge in [0.15, 0.2) is 0 Å². The summed E-state index contributed by atoms with van der Waals surface area (Å²) in [5.74, 6) is -20.0. The van der Waals surface area contributed by atoms with E-state index in [4.69, 9.17) is 75.0 Å². The number of amides is 4. The van der Waals surface area contributed by atoms with Gasteiger partial charge >= 0.3 is 0 Å². The Morgan fingerprint density at radius 2 is 0.739 bits per heavy atom. The van der Waals surface area contributed by atoms with Crippen LogP contribution < -0.4 is 65.5 Å². The van der Waals surface area contributed by atoms with Crippen LogP contribution in [0.25, 0.3) is 0 Å². The number of aliphatic hydroxyl groups is 4. The number of carbonyl (C=O) groups is 4. The van der Waals surface area contributed by atoms with Crippen LogP contribution in [-0.2, 0) is 0 Å². The van der Waals surface area contributed by atoms with Gasteiger partial charge in [-0.3, -0.25) is 19.2 Å². The molecule has 4 saturated carbocycles. The van der Waals surface area contributed by atoms with Crippen molar-refractivity contribution in [2.24, 2.45) is 46.5 Å². The number of anilines is 8. The van der Waals surface area contributed by atoms with E-state index in [1.807, 2.05) is 41.5 Å². The summed E-state index contributed by atoms with van der Waals surface area (Å²) in [6.45, 7) is 7.15. The van der Waals surface area contributed by atoms with Gasteiger partial charge in [0.05, 0.1) is 52.1 Å². The zero-order valence-electron chi connectivity index (χ0n) is 90.5. The molecule has 4 amide bonds. The van der Waals surface area contributed by atoms with Crippen LogP contribution >= 0.6 is 0 Å². The van der Waals surface area contributed by atoms with Gasteiger partial charge in [-0.2, -0.15) is 19.9 Å². The van der Waals surface area contributed by atoms with Gasteiger partial charge in [0.25, 0.3) is 23.6 Å². The number of nitrogens with zero attached hydrogens (tertiary/aromatic N) is 8. The van der Waals surface area contributed by atoms with E-state index in [0.29, 0.717) is 0 Å². The smallest absolute Gasteiger partial charge is 0.254 e. The molecule has 14 unspecified atom stereocenters. The van der Waals surface area contributed by atoms with Crippen LogP contribution in [-0.4, -0.2) is 155 Å². The highest BCUT2D eigenvalue weighted by Gasteiger charge is 2.32. The zero-order chi connectivity index (χ0) is 102. The van der Waals surface area contributed by atoms with Gasteiger partial charge in [0.2, 0.25) is 23.8 Å².